The molecule has 0 aliphatic heterocycles. The van der Waals surface area contributed by atoms with E-state index < -0.39 is 0 Å². The molecule has 0 bridgehead atoms. The van der Waals surface area contributed by atoms with Crippen LogP contribution in [0.1, 0.15) is 30.9 Å². The molecule has 0 aliphatic carbocycles. The molecule has 0 spiro atoms. The highest BCUT2D eigenvalue weighted by atomic mass is 127. The monoisotopic (exact) mass is 376 g/mol. The van der Waals surface area contributed by atoms with Crippen LogP contribution in [0.4, 0.5) is 5.69 Å². The molecule has 0 radical (unpaired) electrons. The lowest BCUT2D eigenvalue weighted by Crippen LogP contribution is -2.34. The number of halogens is 1. The average Bonchev–Trinajstić information content (AvgIpc) is 2.26. The van der Waals surface area contributed by atoms with E-state index in [0.29, 0.717) is 11.5 Å². The van der Waals surface area contributed by atoms with Crippen molar-refractivity contribution in [3.8, 4) is 0 Å². The Morgan fingerprint density at radius 3 is 2.61 bits per heavy atom. The quantitative estimate of drug-likeness (QED) is 0.627. The molecule has 1 aromatic rings. The molecule has 1 aromatic carbocycles. The number of nitrogens with one attached hydrogen (secondary N) is 2. The summed E-state index contributed by atoms with van der Waals surface area (Å²) in [6.45, 7) is 6.02. The van der Waals surface area contributed by atoms with Gasteiger partial charge in [0, 0.05) is 15.7 Å². The second kappa shape index (κ2) is 7.04. The van der Waals surface area contributed by atoms with Crippen LogP contribution in [0.15, 0.2) is 12.1 Å². The molecular weight excluding hydrogens is 359 g/mol. The van der Waals surface area contributed by atoms with E-state index in [1.165, 1.54) is 9.13 Å². The lowest BCUT2D eigenvalue weighted by Gasteiger charge is -2.13. The van der Waals surface area contributed by atoms with Crippen LogP contribution in [-0.4, -0.2) is 11.0 Å². The maximum absolute atomic E-state index is 11.4. The minimum atomic E-state index is -0.0464. The van der Waals surface area contributed by atoms with Gasteiger partial charge in [-0.25, -0.2) is 0 Å². The van der Waals surface area contributed by atoms with Gasteiger partial charge in [0.25, 0.3) is 0 Å². The van der Waals surface area contributed by atoms with Gasteiger partial charge in [-0.2, -0.15) is 0 Å². The Hall–Kier alpha value is -0.690. The van der Waals surface area contributed by atoms with E-state index in [4.69, 9.17) is 12.2 Å². The van der Waals surface area contributed by atoms with Crippen molar-refractivity contribution in [1.29, 1.82) is 0 Å². The molecule has 5 heteroatoms. The fourth-order valence-electron chi connectivity index (χ4n) is 1.49. The zero-order valence-electron chi connectivity index (χ0n) is 10.8. The largest absolute Gasteiger partial charge is 0.332 e. The van der Waals surface area contributed by atoms with E-state index in [-0.39, 0.29) is 5.91 Å². The summed E-state index contributed by atoms with van der Waals surface area (Å²) in [6.07, 6.45) is 1.31. The number of hydrogen-bond donors (Lipinski definition) is 2. The highest BCUT2D eigenvalue weighted by Gasteiger charge is 2.07. The van der Waals surface area contributed by atoms with Gasteiger partial charge >= 0.3 is 0 Å². The number of anilines is 1. The number of carbonyl (C=O) groups is 1. The van der Waals surface area contributed by atoms with E-state index in [9.17, 15) is 4.79 Å². The summed E-state index contributed by atoms with van der Waals surface area (Å²) in [6, 6.07) is 4.13. The lowest BCUT2D eigenvalue weighted by molar-refractivity contribution is -0.119. The van der Waals surface area contributed by atoms with E-state index in [2.05, 4.69) is 39.3 Å². The fraction of sp³-hybridized carbons (Fsp3) is 0.385. The van der Waals surface area contributed by atoms with Crippen molar-refractivity contribution in [1.82, 2.24) is 5.32 Å². The first-order valence-corrected chi connectivity index (χ1v) is 7.30. The molecule has 0 saturated heterocycles. The van der Waals surface area contributed by atoms with Gasteiger partial charge in [-0.05, 0) is 78.3 Å². The third kappa shape index (κ3) is 4.53. The molecule has 0 aromatic heterocycles. The van der Waals surface area contributed by atoms with Gasteiger partial charge in [0.2, 0.25) is 5.91 Å². The molecule has 98 valence electrons. The van der Waals surface area contributed by atoms with Gasteiger partial charge in [-0.1, -0.05) is 6.92 Å². The van der Waals surface area contributed by atoms with Crippen molar-refractivity contribution >= 4 is 51.5 Å². The summed E-state index contributed by atoms with van der Waals surface area (Å²) in [7, 11) is 0. The van der Waals surface area contributed by atoms with E-state index in [0.717, 1.165) is 17.7 Å². The van der Waals surface area contributed by atoms with Crippen LogP contribution >= 0.6 is 34.8 Å². The maximum atomic E-state index is 11.4. The Morgan fingerprint density at radius 1 is 1.33 bits per heavy atom. The smallest absolute Gasteiger partial charge is 0.226 e. The topological polar surface area (TPSA) is 41.1 Å². The molecule has 0 fully saturated rings. The molecule has 18 heavy (non-hydrogen) atoms. The van der Waals surface area contributed by atoms with E-state index >= 15 is 0 Å². The first kappa shape index (κ1) is 15.4. The molecule has 2 N–H and O–H groups in total. The predicted octanol–water partition coefficient (Wildman–Crippen LogP) is 3.52. The summed E-state index contributed by atoms with van der Waals surface area (Å²) in [5, 5.41) is 6.09. The van der Waals surface area contributed by atoms with Crippen molar-refractivity contribution in [2.45, 2.75) is 33.6 Å². The van der Waals surface area contributed by atoms with Crippen molar-refractivity contribution in [2.75, 3.05) is 5.32 Å². The standard InChI is InChI=1S/C13H17IN2OS/c1-4-5-12(17)16-13(18)15-11-7-8(2)10(14)6-9(11)3/h6-7H,4-5H2,1-3H3,(H2,15,16,17,18). The molecular formula is C13H17IN2OS. The Kier molecular flexibility index (Phi) is 6.01. The van der Waals surface area contributed by atoms with Crippen LogP contribution in [0.2, 0.25) is 0 Å². The number of aryl methyl sites for hydroxylation is 2. The van der Waals surface area contributed by atoms with Crippen LogP contribution < -0.4 is 10.6 Å². The zero-order chi connectivity index (χ0) is 13.7. The summed E-state index contributed by atoms with van der Waals surface area (Å²) >= 11 is 7.42. The highest BCUT2D eigenvalue weighted by molar-refractivity contribution is 14.1. The second-order valence-corrected chi connectivity index (χ2v) is 5.74. The first-order valence-electron chi connectivity index (χ1n) is 5.81. The van der Waals surface area contributed by atoms with Gasteiger partial charge in [0.05, 0.1) is 0 Å². The third-order valence-corrected chi connectivity index (χ3v) is 3.85. The summed E-state index contributed by atoms with van der Waals surface area (Å²) < 4.78 is 1.22. The van der Waals surface area contributed by atoms with Crippen molar-refractivity contribution in [2.24, 2.45) is 0 Å². The lowest BCUT2D eigenvalue weighted by atomic mass is 10.1. The number of benzene rings is 1. The van der Waals surface area contributed by atoms with Crippen LogP contribution in [-0.2, 0) is 4.79 Å². The summed E-state index contributed by atoms with van der Waals surface area (Å²) in [5.41, 5.74) is 3.23. The predicted molar refractivity (Wildman–Crippen MR) is 87.9 cm³/mol. The molecule has 3 nitrogen and oxygen atoms in total. The minimum absolute atomic E-state index is 0.0464. The Balaban J connectivity index is 2.70. The Morgan fingerprint density at radius 2 is 2.00 bits per heavy atom. The van der Waals surface area contributed by atoms with Gasteiger partial charge in [-0.15, -0.1) is 0 Å². The molecule has 0 unspecified atom stereocenters. The third-order valence-electron chi connectivity index (χ3n) is 2.48. The molecule has 0 atom stereocenters. The summed E-state index contributed by atoms with van der Waals surface area (Å²) in [4.78, 5) is 11.4. The van der Waals surface area contributed by atoms with Crippen LogP contribution in [0.5, 0.6) is 0 Å². The second-order valence-electron chi connectivity index (χ2n) is 4.17. The summed E-state index contributed by atoms with van der Waals surface area (Å²) in [5.74, 6) is -0.0464. The van der Waals surface area contributed by atoms with Crippen LogP contribution in [0.3, 0.4) is 0 Å². The van der Waals surface area contributed by atoms with E-state index in [1.54, 1.807) is 0 Å². The molecule has 0 saturated carbocycles. The zero-order valence-corrected chi connectivity index (χ0v) is 13.7. The average molecular weight is 376 g/mol. The Labute approximate surface area is 127 Å². The fourth-order valence-corrected chi connectivity index (χ4v) is 2.33. The number of thiocarbonyl (C=S) groups is 1. The number of carbonyl (C=O) groups excluding carboxylic acids is 1. The van der Waals surface area contributed by atoms with E-state index in [1.807, 2.05) is 26.8 Å². The molecule has 1 rings (SSSR count). The minimum Gasteiger partial charge on any atom is -0.332 e. The highest BCUT2D eigenvalue weighted by Crippen LogP contribution is 2.21. The Bertz CT molecular complexity index is 474. The van der Waals surface area contributed by atoms with Crippen molar-refractivity contribution < 1.29 is 4.79 Å². The van der Waals surface area contributed by atoms with Crippen molar-refractivity contribution in [3.05, 3.63) is 26.8 Å². The number of hydrogen-bond acceptors (Lipinski definition) is 2. The van der Waals surface area contributed by atoms with Crippen LogP contribution in [0.25, 0.3) is 0 Å². The van der Waals surface area contributed by atoms with Gasteiger partial charge in [0.15, 0.2) is 5.11 Å². The van der Waals surface area contributed by atoms with Gasteiger partial charge in [-0.3, -0.25) is 4.79 Å². The van der Waals surface area contributed by atoms with Gasteiger partial charge < -0.3 is 10.6 Å². The van der Waals surface area contributed by atoms with Gasteiger partial charge in [0.1, 0.15) is 0 Å². The number of rotatable bonds is 3. The normalized spacial score (nSPS) is 10.0. The SMILES string of the molecule is CCCC(=O)NC(=S)Nc1cc(C)c(I)cc1C. The molecule has 1 amide bonds. The van der Waals surface area contributed by atoms with Crippen molar-refractivity contribution in [3.63, 3.8) is 0 Å². The molecule has 0 aliphatic rings. The van der Waals surface area contributed by atoms with Crippen LogP contribution in [0, 0.1) is 17.4 Å². The number of amides is 1. The molecule has 0 heterocycles. The maximum Gasteiger partial charge on any atom is 0.226 e. The first-order chi connectivity index (χ1) is 8.43.